The molecule has 0 unspecified atom stereocenters. The zero-order chi connectivity index (χ0) is 14.7. The quantitative estimate of drug-likeness (QED) is 0.589. The Morgan fingerprint density at radius 2 is 2.05 bits per heavy atom. The molecule has 3 rings (SSSR count). The van der Waals surface area contributed by atoms with Crippen molar-refractivity contribution in [2.24, 2.45) is 7.05 Å². The van der Waals surface area contributed by atoms with Crippen LogP contribution in [0.4, 0.5) is 0 Å². The first-order valence-electron chi connectivity index (χ1n) is 6.54. The van der Waals surface area contributed by atoms with Gasteiger partial charge in [-0.3, -0.25) is 14.6 Å². The molecule has 0 spiro atoms. The lowest BCUT2D eigenvalue weighted by molar-refractivity contribution is 0.104. The first-order chi connectivity index (χ1) is 10.2. The molecular formula is C16H14N4O. The largest absolute Gasteiger partial charge is 0.289 e. The number of aromatic nitrogens is 4. The molecule has 5 nitrogen and oxygen atoms in total. The molecule has 0 fully saturated rings. The number of aryl methyl sites for hydroxylation is 1. The third-order valence-corrected chi connectivity index (χ3v) is 3.13. The highest BCUT2D eigenvalue weighted by Gasteiger charge is 2.07. The molecule has 104 valence electrons. The minimum absolute atomic E-state index is 0.0803. The minimum atomic E-state index is -0.0803. The maximum Gasteiger partial charge on any atom is 0.189 e. The number of nitrogens with zero attached hydrogens (tertiary/aromatic N) is 3. The van der Waals surface area contributed by atoms with E-state index in [2.05, 4.69) is 15.3 Å². The Hall–Kier alpha value is -2.95. The SMILES string of the molecule is Cn1cc(C(=O)/C=C\c2cn[nH]c2-c2ccccc2)cn1. The van der Waals surface area contributed by atoms with Gasteiger partial charge in [0.1, 0.15) is 0 Å². The van der Waals surface area contributed by atoms with Gasteiger partial charge in [-0.2, -0.15) is 10.2 Å². The van der Waals surface area contributed by atoms with E-state index in [-0.39, 0.29) is 5.78 Å². The molecule has 2 aromatic heterocycles. The fourth-order valence-electron chi connectivity index (χ4n) is 2.07. The lowest BCUT2D eigenvalue weighted by Gasteiger charge is -1.98. The molecule has 1 aromatic carbocycles. The van der Waals surface area contributed by atoms with Gasteiger partial charge in [0.2, 0.25) is 0 Å². The molecule has 0 amide bonds. The number of carbonyl (C=O) groups excluding carboxylic acids is 1. The summed E-state index contributed by atoms with van der Waals surface area (Å²) in [5, 5.41) is 11.0. The van der Waals surface area contributed by atoms with Gasteiger partial charge >= 0.3 is 0 Å². The smallest absolute Gasteiger partial charge is 0.189 e. The summed E-state index contributed by atoms with van der Waals surface area (Å²) in [7, 11) is 1.78. The standard InChI is InChI=1S/C16H14N4O/c1-20-11-14(10-18-20)15(21)8-7-13-9-17-19-16(13)12-5-3-2-4-6-12/h2-11H,1H3,(H,17,19)/b8-7-. The number of carbonyl (C=O) groups is 1. The van der Waals surface area contributed by atoms with Crippen LogP contribution in [-0.2, 0) is 7.05 Å². The molecule has 0 saturated carbocycles. The predicted octanol–water partition coefficient (Wildman–Crippen LogP) is 2.71. The van der Waals surface area contributed by atoms with E-state index < -0.39 is 0 Å². The zero-order valence-electron chi connectivity index (χ0n) is 11.5. The predicted molar refractivity (Wildman–Crippen MR) is 80.6 cm³/mol. The van der Waals surface area contributed by atoms with E-state index in [1.54, 1.807) is 36.4 Å². The van der Waals surface area contributed by atoms with Crippen LogP contribution >= 0.6 is 0 Å². The topological polar surface area (TPSA) is 63.6 Å². The van der Waals surface area contributed by atoms with Crippen molar-refractivity contribution in [1.82, 2.24) is 20.0 Å². The average Bonchev–Trinajstić information content (AvgIpc) is 3.14. The monoisotopic (exact) mass is 278 g/mol. The third kappa shape index (κ3) is 2.81. The fourth-order valence-corrected chi connectivity index (χ4v) is 2.07. The molecule has 2 heterocycles. The van der Waals surface area contributed by atoms with Gasteiger partial charge in [-0.05, 0) is 12.2 Å². The van der Waals surface area contributed by atoms with Crippen molar-refractivity contribution >= 4 is 11.9 Å². The third-order valence-electron chi connectivity index (χ3n) is 3.13. The number of aromatic amines is 1. The van der Waals surface area contributed by atoms with Crippen LogP contribution in [0.3, 0.4) is 0 Å². The lowest BCUT2D eigenvalue weighted by atomic mass is 10.1. The van der Waals surface area contributed by atoms with Crippen molar-refractivity contribution in [3.8, 4) is 11.3 Å². The number of allylic oxidation sites excluding steroid dienone is 1. The van der Waals surface area contributed by atoms with Gasteiger partial charge < -0.3 is 0 Å². The Bertz CT molecular complexity index is 783. The summed E-state index contributed by atoms with van der Waals surface area (Å²) >= 11 is 0. The lowest BCUT2D eigenvalue weighted by Crippen LogP contribution is -1.92. The highest BCUT2D eigenvalue weighted by atomic mass is 16.1. The van der Waals surface area contributed by atoms with Crippen molar-refractivity contribution in [2.75, 3.05) is 0 Å². The Labute approximate surface area is 121 Å². The number of hydrogen-bond acceptors (Lipinski definition) is 3. The molecule has 3 aromatic rings. The molecule has 0 aliphatic rings. The van der Waals surface area contributed by atoms with Gasteiger partial charge in [0.05, 0.1) is 23.7 Å². The number of hydrogen-bond donors (Lipinski definition) is 1. The van der Waals surface area contributed by atoms with E-state index in [0.717, 1.165) is 16.8 Å². The molecule has 0 atom stereocenters. The number of benzene rings is 1. The number of H-pyrrole nitrogens is 1. The fraction of sp³-hybridized carbons (Fsp3) is 0.0625. The molecular weight excluding hydrogens is 264 g/mol. The summed E-state index contributed by atoms with van der Waals surface area (Å²) in [5.74, 6) is -0.0803. The first kappa shape index (κ1) is 13.1. The molecule has 0 saturated heterocycles. The molecule has 0 aliphatic heterocycles. The van der Waals surface area contributed by atoms with Crippen molar-refractivity contribution in [2.45, 2.75) is 0 Å². The van der Waals surface area contributed by atoms with Crippen LogP contribution in [-0.4, -0.2) is 25.8 Å². The highest BCUT2D eigenvalue weighted by Crippen LogP contribution is 2.21. The van der Waals surface area contributed by atoms with Gasteiger partial charge in [0.15, 0.2) is 5.78 Å². The molecule has 0 radical (unpaired) electrons. The summed E-state index contributed by atoms with van der Waals surface area (Å²) in [4.78, 5) is 12.0. The second kappa shape index (κ2) is 5.58. The molecule has 5 heteroatoms. The number of ketones is 1. The molecule has 0 bridgehead atoms. The number of rotatable bonds is 4. The van der Waals surface area contributed by atoms with Crippen LogP contribution in [0, 0.1) is 0 Å². The Morgan fingerprint density at radius 1 is 1.24 bits per heavy atom. The van der Waals surface area contributed by atoms with Gasteiger partial charge in [-0.1, -0.05) is 30.3 Å². The van der Waals surface area contributed by atoms with E-state index >= 15 is 0 Å². The van der Waals surface area contributed by atoms with Crippen molar-refractivity contribution < 1.29 is 4.79 Å². The van der Waals surface area contributed by atoms with E-state index in [9.17, 15) is 4.79 Å². The van der Waals surface area contributed by atoms with Crippen LogP contribution in [0.5, 0.6) is 0 Å². The Morgan fingerprint density at radius 3 is 2.76 bits per heavy atom. The molecule has 1 N–H and O–H groups in total. The van der Waals surface area contributed by atoms with Crippen molar-refractivity contribution in [3.63, 3.8) is 0 Å². The maximum atomic E-state index is 12.0. The zero-order valence-corrected chi connectivity index (χ0v) is 11.5. The summed E-state index contributed by atoms with van der Waals surface area (Å²) < 4.78 is 1.61. The minimum Gasteiger partial charge on any atom is -0.289 e. The Balaban J connectivity index is 1.85. The van der Waals surface area contributed by atoms with E-state index in [1.165, 1.54) is 6.08 Å². The van der Waals surface area contributed by atoms with E-state index in [4.69, 9.17) is 0 Å². The summed E-state index contributed by atoms with van der Waals surface area (Å²) in [6.07, 6.45) is 8.26. The number of nitrogens with one attached hydrogen (secondary N) is 1. The summed E-state index contributed by atoms with van der Waals surface area (Å²) in [6, 6.07) is 9.87. The van der Waals surface area contributed by atoms with Crippen molar-refractivity contribution in [1.29, 1.82) is 0 Å². The van der Waals surface area contributed by atoms with Gasteiger partial charge in [-0.15, -0.1) is 0 Å². The van der Waals surface area contributed by atoms with E-state index in [0.29, 0.717) is 5.56 Å². The second-order valence-electron chi connectivity index (χ2n) is 4.67. The second-order valence-corrected chi connectivity index (χ2v) is 4.67. The van der Waals surface area contributed by atoms with Crippen molar-refractivity contribution in [3.05, 3.63) is 66.1 Å². The van der Waals surface area contributed by atoms with Crippen LogP contribution in [0.1, 0.15) is 15.9 Å². The van der Waals surface area contributed by atoms with E-state index in [1.807, 2.05) is 30.3 Å². The van der Waals surface area contributed by atoms with Gasteiger partial charge in [0, 0.05) is 24.4 Å². The van der Waals surface area contributed by atoms with Crippen LogP contribution in [0.15, 0.2) is 55.0 Å². The maximum absolute atomic E-state index is 12.0. The molecule has 21 heavy (non-hydrogen) atoms. The van der Waals surface area contributed by atoms with Crippen LogP contribution < -0.4 is 0 Å². The highest BCUT2D eigenvalue weighted by molar-refractivity contribution is 6.06. The van der Waals surface area contributed by atoms with Crippen LogP contribution in [0.25, 0.3) is 17.3 Å². The van der Waals surface area contributed by atoms with Gasteiger partial charge in [-0.25, -0.2) is 0 Å². The summed E-state index contributed by atoms with van der Waals surface area (Å²) in [6.45, 7) is 0. The average molecular weight is 278 g/mol. The Kier molecular flexibility index (Phi) is 3.47. The first-order valence-corrected chi connectivity index (χ1v) is 6.54. The van der Waals surface area contributed by atoms with Crippen LogP contribution in [0.2, 0.25) is 0 Å². The summed E-state index contributed by atoms with van der Waals surface area (Å²) in [5.41, 5.74) is 3.37. The molecule has 0 aliphatic carbocycles. The normalized spacial score (nSPS) is 11.1. The van der Waals surface area contributed by atoms with Gasteiger partial charge in [0.25, 0.3) is 0 Å².